The van der Waals surface area contributed by atoms with E-state index in [0.29, 0.717) is 11.5 Å². The standard InChI is InChI=1S/C12H14N4/c13-6-10-2-4-12(16-8-10)15-7-9-1-3-11(14)5-9/h1-4,8-9,11H,5,7,14H2,(H,15,16). The monoisotopic (exact) mass is 214 g/mol. The van der Waals surface area contributed by atoms with Gasteiger partial charge in [-0.15, -0.1) is 0 Å². The third-order valence-electron chi connectivity index (χ3n) is 2.64. The van der Waals surface area contributed by atoms with Crippen LogP contribution in [0.15, 0.2) is 30.5 Å². The summed E-state index contributed by atoms with van der Waals surface area (Å²) in [5.41, 5.74) is 6.34. The summed E-state index contributed by atoms with van der Waals surface area (Å²) >= 11 is 0. The number of anilines is 1. The fraction of sp³-hybridized carbons (Fsp3) is 0.333. The highest BCUT2D eigenvalue weighted by Crippen LogP contribution is 2.16. The summed E-state index contributed by atoms with van der Waals surface area (Å²) in [5, 5.41) is 11.9. The molecule has 0 aliphatic heterocycles. The molecule has 2 atom stereocenters. The summed E-state index contributed by atoms with van der Waals surface area (Å²) in [5.74, 6) is 1.28. The molecular weight excluding hydrogens is 200 g/mol. The Morgan fingerprint density at radius 2 is 2.38 bits per heavy atom. The molecule has 82 valence electrons. The quantitative estimate of drug-likeness (QED) is 0.743. The zero-order valence-electron chi connectivity index (χ0n) is 8.93. The van der Waals surface area contributed by atoms with Crippen molar-refractivity contribution < 1.29 is 0 Å². The lowest BCUT2D eigenvalue weighted by Gasteiger charge is -2.10. The number of nitrogens with one attached hydrogen (secondary N) is 1. The zero-order chi connectivity index (χ0) is 11.4. The van der Waals surface area contributed by atoms with Crippen LogP contribution in [0.25, 0.3) is 0 Å². The van der Waals surface area contributed by atoms with Crippen molar-refractivity contribution in [3.8, 4) is 6.07 Å². The van der Waals surface area contributed by atoms with Gasteiger partial charge >= 0.3 is 0 Å². The lowest BCUT2D eigenvalue weighted by Crippen LogP contribution is -2.18. The number of nitrogens with zero attached hydrogens (tertiary/aromatic N) is 2. The van der Waals surface area contributed by atoms with Crippen molar-refractivity contribution in [3.63, 3.8) is 0 Å². The zero-order valence-corrected chi connectivity index (χ0v) is 8.93. The van der Waals surface area contributed by atoms with E-state index in [0.717, 1.165) is 18.8 Å². The highest BCUT2D eigenvalue weighted by atomic mass is 15.0. The Balaban J connectivity index is 1.86. The molecule has 0 saturated carbocycles. The number of hydrogen-bond acceptors (Lipinski definition) is 4. The second kappa shape index (κ2) is 4.77. The van der Waals surface area contributed by atoms with Gasteiger partial charge in [0.25, 0.3) is 0 Å². The largest absolute Gasteiger partial charge is 0.369 e. The summed E-state index contributed by atoms with van der Waals surface area (Å²) in [6.07, 6.45) is 6.74. The molecule has 1 heterocycles. The van der Waals surface area contributed by atoms with E-state index in [2.05, 4.69) is 16.4 Å². The molecule has 0 spiro atoms. The number of pyridine rings is 1. The number of nitriles is 1. The minimum atomic E-state index is 0.195. The summed E-state index contributed by atoms with van der Waals surface area (Å²) in [6, 6.07) is 5.81. The van der Waals surface area contributed by atoms with Crippen LogP contribution >= 0.6 is 0 Å². The van der Waals surface area contributed by atoms with E-state index in [9.17, 15) is 0 Å². The molecule has 4 heteroatoms. The Kier molecular flexibility index (Phi) is 3.18. The molecule has 0 bridgehead atoms. The van der Waals surface area contributed by atoms with Crippen LogP contribution < -0.4 is 11.1 Å². The summed E-state index contributed by atoms with van der Waals surface area (Å²) in [6.45, 7) is 0.836. The lowest BCUT2D eigenvalue weighted by molar-refractivity contribution is 0.615. The minimum Gasteiger partial charge on any atom is -0.369 e. The van der Waals surface area contributed by atoms with Crippen LogP contribution in [0.5, 0.6) is 0 Å². The number of hydrogen-bond donors (Lipinski definition) is 2. The fourth-order valence-electron chi connectivity index (χ4n) is 1.76. The molecule has 1 aromatic rings. The van der Waals surface area contributed by atoms with E-state index >= 15 is 0 Å². The van der Waals surface area contributed by atoms with Crippen molar-refractivity contribution in [3.05, 3.63) is 36.0 Å². The smallest absolute Gasteiger partial charge is 0.125 e. The average Bonchev–Trinajstić information content (AvgIpc) is 2.73. The van der Waals surface area contributed by atoms with Gasteiger partial charge < -0.3 is 11.1 Å². The molecule has 0 aromatic carbocycles. The molecule has 4 nitrogen and oxygen atoms in total. The molecule has 1 aliphatic rings. The Bertz CT molecular complexity index is 416. The number of aromatic nitrogens is 1. The average molecular weight is 214 g/mol. The highest BCUT2D eigenvalue weighted by molar-refractivity contribution is 5.39. The van der Waals surface area contributed by atoms with Gasteiger partial charge in [-0.2, -0.15) is 5.26 Å². The van der Waals surface area contributed by atoms with Crippen LogP contribution in [0, 0.1) is 17.2 Å². The van der Waals surface area contributed by atoms with Gasteiger partial charge in [-0.25, -0.2) is 4.98 Å². The molecule has 1 aromatic heterocycles. The third kappa shape index (κ3) is 2.59. The first-order valence-corrected chi connectivity index (χ1v) is 5.32. The number of nitrogens with two attached hydrogens (primary N) is 1. The van der Waals surface area contributed by atoms with Gasteiger partial charge in [-0.3, -0.25) is 0 Å². The van der Waals surface area contributed by atoms with Gasteiger partial charge in [0.2, 0.25) is 0 Å². The van der Waals surface area contributed by atoms with E-state index in [1.807, 2.05) is 18.2 Å². The second-order valence-corrected chi connectivity index (χ2v) is 3.97. The van der Waals surface area contributed by atoms with Crippen LogP contribution in [0.1, 0.15) is 12.0 Å². The molecule has 2 unspecified atom stereocenters. The van der Waals surface area contributed by atoms with Crippen LogP contribution in [0.3, 0.4) is 0 Å². The van der Waals surface area contributed by atoms with Crippen LogP contribution in [0.2, 0.25) is 0 Å². The first kappa shape index (κ1) is 10.7. The topological polar surface area (TPSA) is 74.7 Å². The molecule has 16 heavy (non-hydrogen) atoms. The van der Waals surface area contributed by atoms with E-state index < -0.39 is 0 Å². The molecule has 0 saturated heterocycles. The molecule has 0 radical (unpaired) electrons. The Morgan fingerprint density at radius 1 is 1.50 bits per heavy atom. The van der Waals surface area contributed by atoms with E-state index in [-0.39, 0.29) is 6.04 Å². The first-order chi connectivity index (χ1) is 7.78. The van der Waals surface area contributed by atoms with Crippen molar-refractivity contribution in [2.24, 2.45) is 11.7 Å². The van der Waals surface area contributed by atoms with E-state index in [1.54, 1.807) is 12.3 Å². The van der Waals surface area contributed by atoms with Crippen LogP contribution in [-0.4, -0.2) is 17.6 Å². The molecule has 1 aliphatic carbocycles. The fourth-order valence-corrected chi connectivity index (χ4v) is 1.76. The van der Waals surface area contributed by atoms with Crippen LogP contribution in [0.4, 0.5) is 5.82 Å². The van der Waals surface area contributed by atoms with Gasteiger partial charge in [-0.1, -0.05) is 12.2 Å². The molecule has 0 fully saturated rings. The van der Waals surface area contributed by atoms with Crippen molar-refractivity contribution in [1.82, 2.24) is 4.98 Å². The van der Waals surface area contributed by atoms with Gasteiger partial charge in [0.15, 0.2) is 0 Å². The van der Waals surface area contributed by atoms with Gasteiger partial charge in [0, 0.05) is 18.8 Å². The SMILES string of the molecule is N#Cc1ccc(NCC2C=CC(N)C2)nc1. The van der Waals surface area contributed by atoms with Crippen LogP contribution in [-0.2, 0) is 0 Å². The minimum absolute atomic E-state index is 0.195. The Labute approximate surface area is 94.8 Å². The normalized spacial score (nSPS) is 23.0. The van der Waals surface area contributed by atoms with Gasteiger partial charge in [-0.05, 0) is 24.5 Å². The maximum atomic E-state index is 8.63. The first-order valence-electron chi connectivity index (χ1n) is 5.32. The highest BCUT2D eigenvalue weighted by Gasteiger charge is 2.14. The van der Waals surface area contributed by atoms with E-state index in [1.165, 1.54) is 0 Å². The second-order valence-electron chi connectivity index (χ2n) is 3.97. The van der Waals surface area contributed by atoms with E-state index in [4.69, 9.17) is 11.0 Å². The summed E-state index contributed by atoms with van der Waals surface area (Å²) in [7, 11) is 0. The van der Waals surface area contributed by atoms with Crippen molar-refractivity contribution in [2.75, 3.05) is 11.9 Å². The maximum Gasteiger partial charge on any atom is 0.125 e. The maximum absolute atomic E-state index is 8.63. The van der Waals surface area contributed by atoms with Crippen molar-refractivity contribution in [2.45, 2.75) is 12.5 Å². The van der Waals surface area contributed by atoms with Gasteiger partial charge in [0.1, 0.15) is 11.9 Å². The van der Waals surface area contributed by atoms with Crippen molar-refractivity contribution in [1.29, 1.82) is 5.26 Å². The number of rotatable bonds is 3. The summed E-state index contributed by atoms with van der Waals surface area (Å²) in [4.78, 5) is 4.14. The third-order valence-corrected chi connectivity index (χ3v) is 2.64. The van der Waals surface area contributed by atoms with Gasteiger partial charge in [0.05, 0.1) is 5.56 Å². The molecular formula is C12H14N4. The molecule has 2 rings (SSSR count). The molecule has 3 N–H and O–H groups in total. The Hall–Kier alpha value is -1.86. The summed E-state index contributed by atoms with van der Waals surface area (Å²) < 4.78 is 0. The molecule has 0 amide bonds. The lowest BCUT2D eigenvalue weighted by atomic mass is 10.1. The predicted molar refractivity (Wildman–Crippen MR) is 62.7 cm³/mol. The Morgan fingerprint density at radius 3 is 2.94 bits per heavy atom. The predicted octanol–water partition coefficient (Wildman–Crippen LogP) is 1.27. The van der Waals surface area contributed by atoms with Crippen molar-refractivity contribution >= 4 is 5.82 Å².